The van der Waals surface area contributed by atoms with Crippen LogP contribution in [0.5, 0.6) is 0 Å². The van der Waals surface area contributed by atoms with Gasteiger partial charge in [-0.3, -0.25) is 9.80 Å². The molecule has 12 heteroatoms. The standard InChI is InChI=1S/C41H47N7O5/c1-22(2)33(44-40(49)53-5)20-47-18-23(3)14-34(47)38-42-31-12-8-27-16-25(6-10-29(27)36(31)45-38)26-7-11-30-28(17-26)9-13-32-37(30)46-39(43-32)35-15-24(21-52-4)19-48(35)41(50)51/h6-13,16-17,22-24,33-35H,14-15,18-21H2,1-5H3,(H,42,45)(H,43,46)(H,44,49)(H,50,51)/t23-,24?,33+,34-,35?/m0/s1. The van der Waals surface area contributed by atoms with Crippen LogP contribution in [0, 0.1) is 17.8 Å². The molecule has 2 unspecified atom stereocenters. The summed E-state index contributed by atoms with van der Waals surface area (Å²) in [6, 6.07) is 21.2. The van der Waals surface area contributed by atoms with E-state index in [0.29, 0.717) is 31.3 Å². The van der Waals surface area contributed by atoms with Gasteiger partial charge in [-0.15, -0.1) is 0 Å². The molecule has 2 saturated heterocycles. The molecule has 0 aliphatic carbocycles. The number of aromatic nitrogens is 4. The van der Waals surface area contributed by atoms with E-state index in [1.807, 2.05) is 6.07 Å². The maximum atomic E-state index is 12.1. The highest BCUT2D eigenvalue weighted by molar-refractivity contribution is 6.07. The van der Waals surface area contributed by atoms with Gasteiger partial charge in [-0.2, -0.15) is 0 Å². The van der Waals surface area contributed by atoms with Gasteiger partial charge in [0.1, 0.15) is 11.6 Å². The van der Waals surface area contributed by atoms with Gasteiger partial charge in [0.2, 0.25) is 0 Å². The lowest BCUT2D eigenvalue weighted by Crippen LogP contribution is -2.46. The van der Waals surface area contributed by atoms with Crippen LogP contribution >= 0.6 is 0 Å². The highest BCUT2D eigenvalue weighted by Crippen LogP contribution is 2.39. The zero-order chi connectivity index (χ0) is 37.0. The number of carbonyl (C=O) groups is 2. The van der Waals surface area contributed by atoms with E-state index >= 15 is 0 Å². The molecule has 0 bridgehead atoms. The van der Waals surface area contributed by atoms with E-state index in [0.717, 1.165) is 80.1 Å². The number of benzene rings is 4. The first-order valence-corrected chi connectivity index (χ1v) is 18.5. The van der Waals surface area contributed by atoms with Gasteiger partial charge in [0.15, 0.2) is 0 Å². The summed E-state index contributed by atoms with van der Waals surface area (Å²) in [6.45, 7) is 9.13. The number of carboxylic acid groups (broad SMARTS) is 1. The van der Waals surface area contributed by atoms with Crippen LogP contribution in [0.1, 0.15) is 57.3 Å². The molecular weight excluding hydrogens is 670 g/mol. The summed E-state index contributed by atoms with van der Waals surface area (Å²) < 4.78 is 10.2. The van der Waals surface area contributed by atoms with Crippen molar-refractivity contribution < 1.29 is 24.2 Å². The molecule has 2 fully saturated rings. The van der Waals surface area contributed by atoms with E-state index in [1.54, 1.807) is 7.11 Å². The van der Waals surface area contributed by atoms with Crippen molar-refractivity contribution in [3.05, 3.63) is 72.3 Å². The monoisotopic (exact) mass is 717 g/mol. The maximum absolute atomic E-state index is 12.1. The summed E-state index contributed by atoms with van der Waals surface area (Å²) in [5, 5.41) is 17.2. The Hall–Kier alpha value is -5.20. The average Bonchev–Trinajstić information content (AvgIpc) is 3.95. The predicted octanol–water partition coefficient (Wildman–Crippen LogP) is 7.86. The minimum atomic E-state index is -0.941. The zero-order valence-corrected chi connectivity index (χ0v) is 30.8. The lowest BCUT2D eigenvalue weighted by Gasteiger charge is -2.30. The number of rotatable bonds is 9. The molecule has 5 atom stereocenters. The second-order valence-electron chi connectivity index (χ2n) is 15.3. The van der Waals surface area contributed by atoms with Crippen molar-refractivity contribution in [3.63, 3.8) is 0 Å². The lowest BCUT2D eigenvalue weighted by atomic mass is 9.98. The van der Waals surface area contributed by atoms with Crippen molar-refractivity contribution >= 4 is 55.8 Å². The minimum Gasteiger partial charge on any atom is -0.465 e. The van der Waals surface area contributed by atoms with E-state index in [2.05, 4.69) is 95.6 Å². The summed E-state index contributed by atoms with van der Waals surface area (Å²) in [4.78, 5) is 45.3. The number of likely N-dealkylation sites (tertiary alicyclic amines) is 2. The molecule has 0 spiro atoms. The molecule has 4 N–H and O–H groups in total. The molecule has 2 aliphatic heterocycles. The molecule has 4 heterocycles. The summed E-state index contributed by atoms with van der Waals surface area (Å²) >= 11 is 0. The predicted molar refractivity (Wildman–Crippen MR) is 206 cm³/mol. The number of ether oxygens (including phenoxy) is 2. The van der Waals surface area contributed by atoms with Crippen molar-refractivity contribution in [2.45, 2.75) is 51.7 Å². The zero-order valence-electron chi connectivity index (χ0n) is 30.8. The van der Waals surface area contributed by atoms with Gasteiger partial charge in [-0.1, -0.05) is 57.2 Å². The SMILES string of the molecule is COCC1CC(c2nc3c(ccc4cc(-c5ccc6c(ccc7[nH]c([C@@H]8C[C@H](C)CN8C[C@@H](NC(=O)OC)C(C)C)nc76)c5)ccc43)[nH]2)N(C(=O)O)C1. The van der Waals surface area contributed by atoms with Gasteiger partial charge in [0.05, 0.1) is 47.9 Å². The number of alkyl carbamates (subject to hydrolysis) is 1. The van der Waals surface area contributed by atoms with Gasteiger partial charge in [-0.05, 0) is 70.8 Å². The molecule has 0 radical (unpaired) electrons. The smallest absolute Gasteiger partial charge is 0.407 e. The molecule has 12 nitrogen and oxygen atoms in total. The Balaban J connectivity index is 1.07. The number of nitrogens with one attached hydrogen (secondary N) is 3. The number of carbonyl (C=O) groups excluding carboxylic acids is 1. The topological polar surface area (TPSA) is 149 Å². The van der Waals surface area contributed by atoms with E-state index in [-0.39, 0.29) is 30.0 Å². The normalized spacial score (nSPS) is 21.4. The number of nitrogens with zero attached hydrogens (tertiary/aromatic N) is 4. The molecular formula is C41H47N7O5. The van der Waals surface area contributed by atoms with Crippen molar-refractivity contribution in [1.29, 1.82) is 0 Å². The van der Waals surface area contributed by atoms with Crippen LogP contribution < -0.4 is 5.32 Å². The third kappa shape index (κ3) is 6.54. The fraction of sp³-hybridized carbons (Fsp3) is 0.415. The van der Waals surface area contributed by atoms with Crippen LogP contribution in [0.3, 0.4) is 0 Å². The Bertz CT molecular complexity index is 2330. The highest BCUT2D eigenvalue weighted by atomic mass is 16.5. The Kier molecular flexibility index (Phi) is 9.20. The third-order valence-corrected chi connectivity index (χ3v) is 11.3. The summed E-state index contributed by atoms with van der Waals surface area (Å²) in [7, 11) is 3.05. The number of aromatic amines is 2. The van der Waals surface area contributed by atoms with Crippen LogP contribution in [0.4, 0.5) is 9.59 Å². The number of fused-ring (bicyclic) bond motifs is 6. The van der Waals surface area contributed by atoms with Crippen LogP contribution in [0.2, 0.25) is 0 Å². The number of hydrogen-bond donors (Lipinski definition) is 4. The van der Waals surface area contributed by atoms with Gasteiger partial charge in [-0.25, -0.2) is 19.6 Å². The molecule has 2 aliphatic rings. The Labute approximate surface area is 307 Å². The fourth-order valence-corrected chi connectivity index (χ4v) is 8.57. The van der Waals surface area contributed by atoms with Crippen molar-refractivity contribution in [2.75, 3.05) is 40.5 Å². The Morgan fingerprint density at radius 3 is 2.02 bits per heavy atom. The maximum Gasteiger partial charge on any atom is 0.407 e. The molecule has 53 heavy (non-hydrogen) atoms. The number of H-pyrrole nitrogens is 2. The second-order valence-corrected chi connectivity index (χ2v) is 15.3. The highest BCUT2D eigenvalue weighted by Gasteiger charge is 2.38. The Morgan fingerprint density at radius 1 is 0.868 bits per heavy atom. The summed E-state index contributed by atoms with van der Waals surface area (Å²) in [6.07, 6.45) is 0.323. The molecule has 0 saturated carbocycles. The first kappa shape index (κ1) is 34.9. The molecule has 8 rings (SSSR count). The largest absolute Gasteiger partial charge is 0.465 e. The van der Waals surface area contributed by atoms with Crippen molar-refractivity contribution in [3.8, 4) is 11.1 Å². The van der Waals surface area contributed by atoms with E-state index < -0.39 is 12.2 Å². The number of hydrogen-bond acceptors (Lipinski definition) is 7. The van der Waals surface area contributed by atoms with Gasteiger partial charge >= 0.3 is 12.2 Å². The molecule has 6 aromatic rings. The number of methoxy groups -OCH3 is 2. The van der Waals surface area contributed by atoms with Gasteiger partial charge in [0.25, 0.3) is 0 Å². The van der Waals surface area contributed by atoms with Crippen LogP contribution in [0.15, 0.2) is 60.7 Å². The Morgan fingerprint density at radius 2 is 1.47 bits per heavy atom. The molecule has 276 valence electrons. The lowest BCUT2D eigenvalue weighted by molar-refractivity contribution is 0.131. The minimum absolute atomic E-state index is 0.0344. The van der Waals surface area contributed by atoms with Crippen LogP contribution in [-0.4, -0.2) is 93.5 Å². The van der Waals surface area contributed by atoms with Gasteiger partial charge in [0, 0.05) is 49.5 Å². The first-order chi connectivity index (χ1) is 25.6. The number of imidazole rings is 2. The van der Waals surface area contributed by atoms with E-state index in [4.69, 9.17) is 19.4 Å². The quantitative estimate of drug-likeness (QED) is 0.118. The molecule has 4 aromatic carbocycles. The summed E-state index contributed by atoms with van der Waals surface area (Å²) in [5.41, 5.74) is 5.92. The second kappa shape index (κ2) is 14.0. The number of amides is 2. The average molecular weight is 718 g/mol. The third-order valence-electron chi connectivity index (χ3n) is 11.3. The van der Waals surface area contributed by atoms with Crippen molar-refractivity contribution in [2.24, 2.45) is 17.8 Å². The van der Waals surface area contributed by atoms with Crippen LogP contribution in [0.25, 0.3) is 54.7 Å². The first-order valence-electron chi connectivity index (χ1n) is 18.5. The molecule has 2 amide bonds. The van der Waals surface area contributed by atoms with E-state index in [1.165, 1.54) is 12.0 Å². The molecule has 2 aromatic heterocycles. The fourth-order valence-electron chi connectivity index (χ4n) is 8.57. The summed E-state index contributed by atoms with van der Waals surface area (Å²) in [5.74, 6) is 2.53. The van der Waals surface area contributed by atoms with E-state index in [9.17, 15) is 14.7 Å². The van der Waals surface area contributed by atoms with Crippen molar-refractivity contribution in [1.82, 2.24) is 35.1 Å². The van der Waals surface area contributed by atoms with Gasteiger partial charge < -0.3 is 29.9 Å². The van der Waals surface area contributed by atoms with Crippen LogP contribution in [-0.2, 0) is 9.47 Å².